The van der Waals surface area contributed by atoms with Gasteiger partial charge in [0.15, 0.2) is 23.3 Å². The van der Waals surface area contributed by atoms with Gasteiger partial charge >= 0.3 is 0 Å². The van der Waals surface area contributed by atoms with Gasteiger partial charge in [-0.15, -0.1) is 0 Å². The number of nitrogens with two attached hydrogens (primary N) is 1. The number of allylic oxidation sites excluding steroid dienone is 2. The number of rotatable bonds is 0. The van der Waals surface area contributed by atoms with Crippen molar-refractivity contribution in [1.82, 2.24) is 0 Å². The Morgan fingerprint density at radius 3 is 1.79 bits per heavy atom. The topological polar surface area (TPSA) is 26.0 Å². The standard InChI is InChI=1S/C18H8F5N/c19-14-12(15(20)17(22)18(23)16(14)21)9-4-2-1-3-7-11-8-5-6-10-13(11)24/h1-2,5-6,8,10H,24H2/b2-1-. The maximum atomic E-state index is 13.4. The van der Waals surface area contributed by atoms with E-state index >= 15 is 0 Å². The lowest BCUT2D eigenvalue weighted by Gasteiger charge is -2.01. The highest BCUT2D eigenvalue weighted by Gasteiger charge is 2.24. The average molecular weight is 333 g/mol. The van der Waals surface area contributed by atoms with E-state index in [0.717, 1.165) is 6.08 Å². The Morgan fingerprint density at radius 1 is 0.708 bits per heavy atom. The molecule has 0 saturated heterocycles. The zero-order valence-corrected chi connectivity index (χ0v) is 11.9. The Balaban J connectivity index is 2.23. The van der Waals surface area contributed by atoms with Gasteiger partial charge in [0.1, 0.15) is 5.56 Å². The molecular weight excluding hydrogens is 325 g/mol. The smallest absolute Gasteiger partial charge is 0.200 e. The van der Waals surface area contributed by atoms with Crippen molar-refractivity contribution in [2.24, 2.45) is 0 Å². The van der Waals surface area contributed by atoms with E-state index in [0.29, 0.717) is 11.3 Å². The van der Waals surface area contributed by atoms with Gasteiger partial charge in [-0.2, -0.15) is 0 Å². The van der Waals surface area contributed by atoms with Crippen LogP contribution in [0.1, 0.15) is 11.1 Å². The van der Waals surface area contributed by atoms with Crippen LogP contribution in [0.5, 0.6) is 0 Å². The molecule has 120 valence electrons. The first kappa shape index (κ1) is 17.1. The van der Waals surface area contributed by atoms with Crippen LogP contribution >= 0.6 is 0 Å². The predicted octanol–water partition coefficient (Wildman–Crippen LogP) is 3.92. The second kappa shape index (κ2) is 7.34. The van der Waals surface area contributed by atoms with Gasteiger partial charge in [0.25, 0.3) is 0 Å². The zero-order chi connectivity index (χ0) is 17.7. The van der Waals surface area contributed by atoms with Gasteiger partial charge in [0, 0.05) is 11.3 Å². The minimum atomic E-state index is -2.22. The molecule has 0 aliphatic carbocycles. The SMILES string of the molecule is Nc1ccccc1C#C/C=C\C#Cc1c(F)c(F)c(F)c(F)c1F. The zero-order valence-electron chi connectivity index (χ0n) is 11.9. The number of hydrogen-bond donors (Lipinski definition) is 1. The first-order valence-corrected chi connectivity index (χ1v) is 6.47. The molecule has 2 N–H and O–H groups in total. The van der Waals surface area contributed by atoms with Crippen molar-refractivity contribution < 1.29 is 22.0 Å². The fourth-order valence-electron chi connectivity index (χ4n) is 1.64. The third kappa shape index (κ3) is 3.56. The number of nitrogen functional groups attached to an aromatic ring is 1. The quantitative estimate of drug-likeness (QED) is 0.255. The van der Waals surface area contributed by atoms with E-state index in [2.05, 4.69) is 17.8 Å². The monoisotopic (exact) mass is 333 g/mol. The molecular formula is C18H8F5N. The molecule has 0 saturated carbocycles. The van der Waals surface area contributed by atoms with Gasteiger partial charge in [0.05, 0.1) is 0 Å². The van der Waals surface area contributed by atoms with Crippen molar-refractivity contribution >= 4 is 5.69 Å². The third-order valence-electron chi connectivity index (χ3n) is 2.82. The summed E-state index contributed by atoms with van der Waals surface area (Å²) in [6.07, 6.45) is 2.37. The van der Waals surface area contributed by atoms with Crippen molar-refractivity contribution in [2.75, 3.05) is 5.73 Å². The van der Waals surface area contributed by atoms with Crippen LogP contribution in [-0.2, 0) is 0 Å². The lowest BCUT2D eigenvalue weighted by molar-refractivity contribution is 0.376. The number of anilines is 1. The second-order valence-electron chi connectivity index (χ2n) is 4.40. The highest BCUT2D eigenvalue weighted by molar-refractivity contribution is 5.56. The van der Waals surface area contributed by atoms with Crippen molar-refractivity contribution in [3.8, 4) is 23.7 Å². The van der Waals surface area contributed by atoms with Crippen LogP contribution in [0.3, 0.4) is 0 Å². The van der Waals surface area contributed by atoms with E-state index < -0.39 is 34.6 Å². The molecule has 2 aromatic rings. The third-order valence-corrected chi connectivity index (χ3v) is 2.82. The minimum absolute atomic E-state index is 0.478. The van der Waals surface area contributed by atoms with Crippen molar-refractivity contribution in [2.45, 2.75) is 0 Å². The summed E-state index contributed by atoms with van der Waals surface area (Å²) in [4.78, 5) is 0. The van der Waals surface area contributed by atoms with E-state index in [4.69, 9.17) is 5.73 Å². The van der Waals surface area contributed by atoms with Crippen LogP contribution in [0, 0.1) is 52.8 Å². The molecule has 0 bridgehead atoms. The van der Waals surface area contributed by atoms with E-state index in [1.54, 1.807) is 24.3 Å². The first-order chi connectivity index (χ1) is 11.4. The molecule has 24 heavy (non-hydrogen) atoms. The van der Waals surface area contributed by atoms with Crippen LogP contribution in [0.15, 0.2) is 36.4 Å². The van der Waals surface area contributed by atoms with Crippen LogP contribution in [0.4, 0.5) is 27.6 Å². The Kier molecular flexibility index (Phi) is 5.23. The van der Waals surface area contributed by atoms with E-state index in [-0.39, 0.29) is 0 Å². The molecule has 0 spiro atoms. The molecule has 0 aliphatic rings. The summed E-state index contributed by atoms with van der Waals surface area (Å²) in [6, 6.07) is 6.84. The van der Waals surface area contributed by atoms with Gasteiger partial charge in [-0.05, 0) is 24.3 Å². The van der Waals surface area contributed by atoms with Crippen molar-refractivity contribution in [3.63, 3.8) is 0 Å². The predicted molar refractivity (Wildman–Crippen MR) is 80.0 cm³/mol. The van der Waals surface area contributed by atoms with E-state index in [1.165, 1.54) is 6.08 Å². The Labute approximate surface area is 134 Å². The first-order valence-electron chi connectivity index (χ1n) is 6.47. The van der Waals surface area contributed by atoms with Gasteiger partial charge in [-0.3, -0.25) is 0 Å². The van der Waals surface area contributed by atoms with Gasteiger partial charge < -0.3 is 5.73 Å². The summed E-state index contributed by atoms with van der Waals surface area (Å²) in [6.45, 7) is 0. The molecule has 0 unspecified atom stereocenters. The molecule has 0 atom stereocenters. The highest BCUT2D eigenvalue weighted by Crippen LogP contribution is 2.22. The molecule has 1 nitrogen and oxygen atoms in total. The summed E-state index contributed by atoms with van der Waals surface area (Å²) in [7, 11) is 0. The Bertz CT molecular complexity index is 911. The van der Waals surface area contributed by atoms with E-state index in [9.17, 15) is 22.0 Å². The fraction of sp³-hybridized carbons (Fsp3) is 0. The molecule has 0 aromatic heterocycles. The molecule has 2 aromatic carbocycles. The summed E-state index contributed by atoms with van der Waals surface area (Å²) in [5.41, 5.74) is 5.53. The number of halogens is 5. The Hall–Kier alpha value is -3.25. The maximum absolute atomic E-state index is 13.4. The normalized spacial score (nSPS) is 10.0. The summed E-state index contributed by atoms with van der Waals surface area (Å²) in [5, 5.41) is 0. The lowest BCUT2D eigenvalue weighted by Crippen LogP contribution is -2.04. The van der Waals surface area contributed by atoms with Crippen LogP contribution in [0.2, 0.25) is 0 Å². The molecule has 0 radical (unpaired) electrons. The minimum Gasteiger partial charge on any atom is -0.398 e. The number of hydrogen-bond acceptors (Lipinski definition) is 1. The Morgan fingerprint density at radius 2 is 1.21 bits per heavy atom. The number of para-hydroxylation sites is 1. The largest absolute Gasteiger partial charge is 0.398 e. The molecule has 0 fully saturated rings. The van der Waals surface area contributed by atoms with Gasteiger partial charge in [0.2, 0.25) is 5.82 Å². The van der Waals surface area contributed by atoms with Crippen LogP contribution < -0.4 is 5.73 Å². The molecule has 0 heterocycles. The van der Waals surface area contributed by atoms with Crippen molar-refractivity contribution in [1.29, 1.82) is 0 Å². The van der Waals surface area contributed by atoms with Crippen molar-refractivity contribution in [3.05, 3.63) is 76.6 Å². The van der Waals surface area contributed by atoms with Crippen LogP contribution in [-0.4, -0.2) is 0 Å². The molecule has 2 rings (SSSR count). The molecule has 0 aliphatic heterocycles. The fourth-order valence-corrected chi connectivity index (χ4v) is 1.64. The number of benzene rings is 2. The maximum Gasteiger partial charge on any atom is 0.200 e. The second-order valence-corrected chi connectivity index (χ2v) is 4.40. The summed E-state index contributed by atoms with van der Waals surface area (Å²) >= 11 is 0. The summed E-state index contributed by atoms with van der Waals surface area (Å²) in [5.74, 6) is -0.932. The molecule has 6 heteroatoms. The highest BCUT2D eigenvalue weighted by atomic mass is 19.2. The van der Waals surface area contributed by atoms with Crippen LogP contribution in [0.25, 0.3) is 0 Å². The van der Waals surface area contributed by atoms with Gasteiger partial charge in [-0.1, -0.05) is 35.8 Å². The van der Waals surface area contributed by atoms with Gasteiger partial charge in [-0.25, -0.2) is 22.0 Å². The van der Waals surface area contributed by atoms with E-state index in [1.807, 2.05) is 5.92 Å². The molecule has 0 amide bonds. The summed E-state index contributed by atoms with van der Waals surface area (Å²) < 4.78 is 65.5. The average Bonchev–Trinajstić information content (AvgIpc) is 2.58. The lowest BCUT2D eigenvalue weighted by atomic mass is 10.1.